The van der Waals surface area contributed by atoms with E-state index in [-0.39, 0.29) is 6.61 Å². The summed E-state index contributed by atoms with van der Waals surface area (Å²) in [6.45, 7) is 5.21. The van der Waals surface area contributed by atoms with Crippen LogP contribution in [0.2, 0.25) is 0 Å². The number of aliphatic hydroxyl groups is 1. The fourth-order valence-corrected chi connectivity index (χ4v) is 2.68. The molecule has 0 aromatic heterocycles. The van der Waals surface area contributed by atoms with E-state index >= 15 is 0 Å². The number of hydrogen-bond acceptors (Lipinski definition) is 2. The smallest absolute Gasteiger partial charge is 0.0692 e. The van der Waals surface area contributed by atoms with Gasteiger partial charge in [-0.2, -0.15) is 0 Å². The monoisotopic (exact) mass is 319 g/mol. The summed E-state index contributed by atoms with van der Waals surface area (Å²) in [5.41, 5.74) is 4.51. The zero-order valence-electron chi connectivity index (χ0n) is 11.2. The van der Waals surface area contributed by atoms with Crippen molar-refractivity contribution in [2.45, 2.75) is 20.5 Å². The maximum atomic E-state index is 9.22. The van der Waals surface area contributed by atoms with Crippen LogP contribution < -0.4 is 4.90 Å². The Balaban J connectivity index is 2.43. The van der Waals surface area contributed by atoms with E-state index in [1.165, 1.54) is 11.3 Å². The fraction of sp³-hybridized carbons (Fsp3) is 0.250. The molecule has 2 aromatic rings. The van der Waals surface area contributed by atoms with Crippen molar-refractivity contribution in [2.75, 3.05) is 11.4 Å². The van der Waals surface area contributed by atoms with Gasteiger partial charge in [0, 0.05) is 22.4 Å². The van der Waals surface area contributed by atoms with E-state index in [0.717, 1.165) is 22.3 Å². The molecule has 2 aromatic carbocycles. The van der Waals surface area contributed by atoms with Crippen LogP contribution in [0.15, 0.2) is 46.9 Å². The van der Waals surface area contributed by atoms with Gasteiger partial charge in [0.25, 0.3) is 0 Å². The largest absolute Gasteiger partial charge is 0.392 e. The molecule has 0 aliphatic rings. The lowest BCUT2D eigenvalue weighted by atomic mass is 10.1. The molecule has 0 fully saturated rings. The molecule has 0 aliphatic heterocycles. The van der Waals surface area contributed by atoms with Gasteiger partial charge in [0.05, 0.1) is 6.61 Å². The van der Waals surface area contributed by atoms with Gasteiger partial charge < -0.3 is 10.0 Å². The minimum absolute atomic E-state index is 0.0529. The molecule has 0 amide bonds. The summed E-state index contributed by atoms with van der Waals surface area (Å²) in [6.07, 6.45) is 0. The molecule has 2 rings (SSSR count). The van der Waals surface area contributed by atoms with Crippen LogP contribution in [-0.2, 0) is 6.61 Å². The Labute approximate surface area is 122 Å². The minimum atomic E-state index is 0.0529. The van der Waals surface area contributed by atoms with Gasteiger partial charge >= 0.3 is 0 Å². The third-order valence-corrected chi connectivity index (χ3v) is 3.98. The highest BCUT2D eigenvalue weighted by Crippen LogP contribution is 2.31. The summed E-state index contributed by atoms with van der Waals surface area (Å²) in [4.78, 5) is 2.27. The number of aryl methyl sites for hydroxylation is 1. The van der Waals surface area contributed by atoms with Crippen molar-refractivity contribution in [3.63, 3.8) is 0 Å². The second kappa shape index (κ2) is 6.22. The average Bonchev–Trinajstić information content (AvgIpc) is 2.42. The highest BCUT2D eigenvalue weighted by Gasteiger charge is 2.10. The number of hydrogen-bond donors (Lipinski definition) is 1. The quantitative estimate of drug-likeness (QED) is 0.902. The van der Waals surface area contributed by atoms with Crippen molar-refractivity contribution < 1.29 is 5.11 Å². The summed E-state index contributed by atoms with van der Waals surface area (Å²) in [6, 6.07) is 14.4. The van der Waals surface area contributed by atoms with Crippen LogP contribution in [0.5, 0.6) is 0 Å². The number of benzene rings is 2. The number of halogens is 1. The predicted molar refractivity (Wildman–Crippen MR) is 83.9 cm³/mol. The molecule has 0 unspecified atom stereocenters. The molecule has 2 nitrogen and oxygen atoms in total. The van der Waals surface area contributed by atoms with E-state index in [1.54, 1.807) is 0 Å². The normalized spacial score (nSPS) is 10.5. The predicted octanol–water partition coefficient (Wildman–Crippen LogP) is 4.41. The molecule has 3 heteroatoms. The van der Waals surface area contributed by atoms with Crippen molar-refractivity contribution in [2.24, 2.45) is 0 Å². The molecule has 19 heavy (non-hydrogen) atoms. The highest BCUT2D eigenvalue weighted by atomic mass is 79.9. The highest BCUT2D eigenvalue weighted by molar-refractivity contribution is 9.10. The van der Waals surface area contributed by atoms with E-state index in [4.69, 9.17) is 0 Å². The summed E-state index contributed by atoms with van der Waals surface area (Å²) in [5.74, 6) is 0. The summed E-state index contributed by atoms with van der Waals surface area (Å²) in [7, 11) is 0. The fourth-order valence-electron chi connectivity index (χ4n) is 2.19. The van der Waals surface area contributed by atoms with Gasteiger partial charge in [0.15, 0.2) is 0 Å². The molecule has 0 spiro atoms. The third kappa shape index (κ3) is 2.99. The van der Waals surface area contributed by atoms with Crippen molar-refractivity contribution >= 4 is 27.3 Å². The lowest BCUT2D eigenvalue weighted by molar-refractivity contribution is 0.281. The molecule has 1 N–H and O–H groups in total. The molecule has 0 bridgehead atoms. The molecule has 0 aliphatic carbocycles. The van der Waals surface area contributed by atoms with E-state index in [0.29, 0.717) is 0 Å². The Kier molecular flexibility index (Phi) is 4.61. The Bertz CT molecular complexity index is 568. The first kappa shape index (κ1) is 14.1. The lowest BCUT2D eigenvalue weighted by Crippen LogP contribution is -2.17. The lowest BCUT2D eigenvalue weighted by Gasteiger charge is -2.25. The van der Waals surface area contributed by atoms with Gasteiger partial charge in [0.1, 0.15) is 0 Å². The molecule has 0 saturated carbocycles. The molecule has 0 atom stereocenters. The number of rotatable bonds is 4. The van der Waals surface area contributed by atoms with Crippen molar-refractivity contribution in [3.05, 3.63) is 58.1 Å². The molecule has 0 heterocycles. The number of nitrogens with zero attached hydrogens (tertiary/aromatic N) is 1. The van der Waals surface area contributed by atoms with Gasteiger partial charge in [0.2, 0.25) is 0 Å². The molecular weight excluding hydrogens is 302 g/mol. The van der Waals surface area contributed by atoms with E-state index in [1.807, 2.05) is 12.1 Å². The van der Waals surface area contributed by atoms with Crippen LogP contribution in [0, 0.1) is 6.92 Å². The Morgan fingerprint density at radius 1 is 1.16 bits per heavy atom. The van der Waals surface area contributed by atoms with E-state index < -0.39 is 0 Å². The molecule has 0 saturated heterocycles. The number of para-hydroxylation sites is 1. The zero-order valence-corrected chi connectivity index (χ0v) is 12.8. The molecule has 100 valence electrons. The second-order valence-electron chi connectivity index (χ2n) is 4.46. The van der Waals surface area contributed by atoms with Crippen molar-refractivity contribution in [1.82, 2.24) is 0 Å². The summed E-state index contributed by atoms with van der Waals surface area (Å²) in [5, 5.41) is 9.22. The Morgan fingerprint density at radius 2 is 1.89 bits per heavy atom. The minimum Gasteiger partial charge on any atom is -0.392 e. The number of aliphatic hydroxyl groups excluding tert-OH is 1. The maximum Gasteiger partial charge on any atom is 0.0692 e. The Morgan fingerprint density at radius 3 is 2.47 bits per heavy atom. The SMILES string of the molecule is CCN(c1ccc(CO)c(Br)c1)c1ccccc1C. The van der Waals surface area contributed by atoms with Gasteiger partial charge in [-0.25, -0.2) is 0 Å². The Hall–Kier alpha value is -1.32. The van der Waals surface area contributed by atoms with E-state index in [9.17, 15) is 5.11 Å². The summed E-state index contributed by atoms with van der Waals surface area (Å²) >= 11 is 3.51. The van der Waals surface area contributed by atoms with Crippen LogP contribution in [0.4, 0.5) is 11.4 Å². The molecule has 0 radical (unpaired) electrons. The molecular formula is C16H18BrNO. The summed E-state index contributed by atoms with van der Waals surface area (Å²) < 4.78 is 0.944. The van der Waals surface area contributed by atoms with Crippen LogP contribution >= 0.6 is 15.9 Å². The van der Waals surface area contributed by atoms with Crippen molar-refractivity contribution in [1.29, 1.82) is 0 Å². The van der Waals surface area contributed by atoms with Gasteiger partial charge in [-0.1, -0.05) is 40.2 Å². The second-order valence-corrected chi connectivity index (χ2v) is 5.32. The van der Waals surface area contributed by atoms with Crippen molar-refractivity contribution in [3.8, 4) is 0 Å². The zero-order chi connectivity index (χ0) is 13.8. The first-order valence-electron chi connectivity index (χ1n) is 6.39. The van der Waals surface area contributed by atoms with E-state index in [2.05, 4.69) is 65.0 Å². The maximum absolute atomic E-state index is 9.22. The third-order valence-electron chi connectivity index (χ3n) is 3.24. The topological polar surface area (TPSA) is 23.5 Å². The van der Waals surface area contributed by atoms with Gasteiger partial charge in [-0.05, 0) is 43.2 Å². The van der Waals surface area contributed by atoms with Gasteiger partial charge in [-0.15, -0.1) is 0 Å². The van der Waals surface area contributed by atoms with Crippen LogP contribution in [0.3, 0.4) is 0 Å². The van der Waals surface area contributed by atoms with Crippen LogP contribution in [-0.4, -0.2) is 11.7 Å². The van der Waals surface area contributed by atoms with Crippen LogP contribution in [0.25, 0.3) is 0 Å². The number of anilines is 2. The standard InChI is InChI=1S/C16H18BrNO/c1-3-18(16-7-5-4-6-12(16)2)14-9-8-13(11-19)15(17)10-14/h4-10,19H,3,11H2,1-2H3. The first-order valence-corrected chi connectivity index (χ1v) is 7.19. The average molecular weight is 320 g/mol. The van der Waals surface area contributed by atoms with Crippen LogP contribution in [0.1, 0.15) is 18.1 Å². The first-order chi connectivity index (χ1) is 9.17. The van der Waals surface area contributed by atoms with Gasteiger partial charge in [-0.3, -0.25) is 0 Å².